The minimum Gasteiger partial charge on any atom is -0.396 e. The van der Waals surface area contributed by atoms with Crippen LogP contribution in [-0.4, -0.2) is 28.0 Å². The van der Waals surface area contributed by atoms with Gasteiger partial charge in [-0.25, -0.2) is 0 Å². The van der Waals surface area contributed by atoms with Crippen molar-refractivity contribution in [2.45, 2.75) is 36.8 Å². The lowest BCUT2D eigenvalue weighted by molar-refractivity contribution is 0.288. The summed E-state index contributed by atoms with van der Waals surface area (Å²) in [5, 5.41) is 9.49. The highest BCUT2D eigenvalue weighted by atomic mass is 32.2. The molecule has 1 rings (SSSR count). The maximum Gasteiger partial charge on any atom is 0.0621 e. The number of hydrogen-bond donors (Lipinski definition) is 2. The van der Waals surface area contributed by atoms with E-state index in [1.807, 2.05) is 25.1 Å². The van der Waals surface area contributed by atoms with Crippen molar-refractivity contribution in [1.29, 1.82) is 0 Å². The molecule has 3 unspecified atom stereocenters. The number of aliphatic hydroxyl groups excluding tert-OH is 1. The smallest absolute Gasteiger partial charge is 0.0621 e. The van der Waals surface area contributed by atoms with Crippen LogP contribution in [0.3, 0.4) is 0 Å². The van der Waals surface area contributed by atoms with Gasteiger partial charge in [-0.05, 0) is 25.5 Å². The Morgan fingerprint density at radius 2 is 2.19 bits per heavy atom. The van der Waals surface area contributed by atoms with E-state index in [2.05, 4.69) is 11.9 Å². The Morgan fingerprint density at radius 3 is 2.69 bits per heavy atom. The predicted octanol–water partition coefficient (Wildman–Crippen LogP) is 1.97. The molecule has 0 spiro atoms. The van der Waals surface area contributed by atoms with E-state index in [1.165, 1.54) is 0 Å². The molecule has 0 saturated heterocycles. The molecule has 0 bridgehead atoms. The third-order valence-electron chi connectivity index (χ3n) is 2.37. The summed E-state index contributed by atoms with van der Waals surface area (Å²) in [7, 11) is 0. The Labute approximate surface area is 101 Å². The van der Waals surface area contributed by atoms with Gasteiger partial charge in [0.05, 0.1) is 10.9 Å². The van der Waals surface area contributed by atoms with E-state index in [4.69, 9.17) is 10.8 Å². The third-order valence-corrected chi connectivity index (χ3v) is 4.04. The van der Waals surface area contributed by atoms with Crippen molar-refractivity contribution in [3.63, 3.8) is 0 Å². The average molecular weight is 240 g/mol. The van der Waals surface area contributed by atoms with E-state index in [0.29, 0.717) is 5.25 Å². The van der Waals surface area contributed by atoms with Crippen LogP contribution in [0, 0.1) is 0 Å². The van der Waals surface area contributed by atoms with E-state index in [9.17, 15) is 0 Å². The largest absolute Gasteiger partial charge is 0.396 e. The number of hydrogen-bond acceptors (Lipinski definition) is 4. The van der Waals surface area contributed by atoms with Crippen molar-refractivity contribution >= 4 is 11.8 Å². The second-order valence-electron chi connectivity index (χ2n) is 3.99. The van der Waals surface area contributed by atoms with Gasteiger partial charge in [0.2, 0.25) is 0 Å². The van der Waals surface area contributed by atoms with Gasteiger partial charge in [0, 0.05) is 24.1 Å². The van der Waals surface area contributed by atoms with Crippen LogP contribution in [0.1, 0.15) is 31.2 Å². The van der Waals surface area contributed by atoms with Gasteiger partial charge in [-0.1, -0.05) is 13.0 Å². The number of aliphatic hydroxyl groups is 1. The van der Waals surface area contributed by atoms with Gasteiger partial charge >= 0.3 is 0 Å². The van der Waals surface area contributed by atoms with Gasteiger partial charge in [0.1, 0.15) is 0 Å². The van der Waals surface area contributed by atoms with Crippen LogP contribution >= 0.6 is 11.8 Å². The number of rotatable bonds is 6. The minimum atomic E-state index is 0.0565. The van der Waals surface area contributed by atoms with Gasteiger partial charge < -0.3 is 10.8 Å². The fourth-order valence-corrected chi connectivity index (χ4v) is 2.78. The predicted molar refractivity (Wildman–Crippen MR) is 69.4 cm³/mol. The van der Waals surface area contributed by atoms with Gasteiger partial charge in [0.25, 0.3) is 0 Å². The van der Waals surface area contributed by atoms with Crippen molar-refractivity contribution in [2.24, 2.45) is 5.73 Å². The zero-order valence-electron chi connectivity index (χ0n) is 9.84. The topological polar surface area (TPSA) is 59.1 Å². The summed E-state index contributed by atoms with van der Waals surface area (Å²) in [5.74, 6) is 0. The lowest BCUT2D eigenvalue weighted by atomic mass is 10.2. The monoisotopic (exact) mass is 240 g/mol. The van der Waals surface area contributed by atoms with E-state index >= 15 is 0 Å². The molecule has 0 aliphatic heterocycles. The zero-order valence-corrected chi connectivity index (χ0v) is 10.7. The van der Waals surface area contributed by atoms with Crippen molar-refractivity contribution < 1.29 is 5.11 Å². The molecule has 90 valence electrons. The Morgan fingerprint density at radius 1 is 1.44 bits per heavy atom. The highest BCUT2D eigenvalue weighted by Gasteiger charge is 2.20. The molecule has 0 saturated carbocycles. The lowest BCUT2D eigenvalue weighted by Gasteiger charge is -2.23. The highest BCUT2D eigenvalue weighted by molar-refractivity contribution is 8.00. The Kier molecular flexibility index (Phi) is 5.80. The third kappa shape index (κ3) is 4.12. The molecule has 0 amide bonds. The first kappa shape index (κ1) is 13.5. The number of pyridine rings is 1. The summed E-state index contributed by atoms with van der Waals surface area (Å²) in [6.07, 6.45) is 2.59. The first-order valence-electron chi connectivity index (χ1n) is 5.58. The second-order valence-corrected chi connectivity index (χ2v) is 5.58. The number of nitrogens with zero attached hydrogens (tertiary/aromatic N) is 1. The quantitative estimate of drug-likeness (QED) is 0.798. The van der Waals surface area contributed by atoms with E-state index in [0.717, 1.165) is 12.1 Å². The van der Waals surface area contributed by atoms with Crippen LogP contribution in [0.15, 0.2) is 24.4 Å². The summed E-state index contributed by atoms with van der Waals surface area (Å²) in [6, 6.07) is 5.95. The first-order valence-corrected chi connectivity index (χ1v) is 6.52. The van der Waals surface area contributed by atoms with Crippen LogP contribution in [0.2, 0.25) is 0 Å². The van der Waals surface area contributed by atoms with Gasteiger partial charge in [0.15, 0.2) is 0 Å². The van der Waals surface area contributed by atoms with Gasteiger partial charge in [-0.3, -0.25) is 4.98 Å². The van der Waals surface area contributed by atoms with Crippen LogP contribution in [-0.2, 0) is 0 Å². The minimum absolute atomic E-state index is 0.0565. The zero-order chi connectivity index (χ0) is 12.0. The molecular formula is C12H20N2OS. The maximum absolute atomic E-state index is 8.90. The molecule has 0 radical (unpaired) electrons. The highest BCUT2D eigenvalue weighted by Crippen LogP contribution is 2.34. The molecule has 0 aliphatic rings. The fraction of sp³-hybridized carbons (Fsp3) is 0.583. The van der Waals surface area contributed by atoms with Crippen molar-refractivity contribution in [1.82, 2.24) is 4.98 Å². The molecule has 1 heterocycles. The van der Waals surface area contributed by atoms with E-state index < -0.39 is 0 Å². The van der Waals surface area contributed by atoms with Crippen LogP contribution in [0.5, 0.6) is 0 Å². The lowest BCUT2D eigenvalue weighted by Crippen LogP contribution is -2.25. The molecule has 1 aromatic rings. The molecule has 0 aliphatic carbocycles. The molecule has 4 heteroatoms. The van der Waals surface area contributed by atoms with E-state index in [1.54, 1.807) is 18.0 Å². The standard InChI is InChI=1S/C12H20N2OS/c1-9(6-8-15)16-12(10(2)13)11-5-3-4-7-14-11/h3-5,7,9-10,12,15H,6,8,13H2,1-2H3. The Bertz CT molecular complexity index is 292. The maximum atomic E-state index is 8.90. The molecular weight excluding hydrogens is 220 g/mol. The Balaban J connectivity index is 2.69. The SMILES string of the molecule is CC(CCO)SC(c1ccccn1)C(C)N. The first-order chi connectivity index (χ1) is 7.65. The van der Waals surface area contributed by atoms with Gasteiger partial charge in [-0.2, -0.15) is 0 Å². The van der Waals surface area contributed by atoms with Crippen LogP contribution in [0.25, 0.3) is 0 Å². The summed E-state index contributed by atoms with van der Waals surface area (Å²) in [5.41, 5.74) is 7.01. The Hall–Kier alpha value is -0.580. The summed E-state index contributed by atoms with van der Waals surface area (Å²) in [6.45, 7) is 4.33. The van der Waals surface area contributed by atoms with Gasteiger partial charge in [-0.15, -0.1) is 11.8 Å². The molecule has 3 atom stereocenters. The van der Waals surface area contributed by atoms with Crippen molar-refractivity contribution in [3.05, 3.63) is 30.1 Å². The molecule has 0 aromatic carbocycles. The molecule has 16 heavy (non-hydrogen) atoms. The molecule has 3 nitrogen and oxygen atoms in total. The summed E-state index contributed by atoms with van der Waals surface area (Å²) in [4.78, 5) is 4.35. The molecule has 0 fully saturated rings. The van der Waals surface area contributed by atoms with E-state index in [-0.39, 0.29) is 17.9 Å². The van der Waals surface area contributed by atoms with Crippen molar-refractivity contribution in [2.75, 3.05) is 6.61 Å². The van der Waals surface area contributed by atoms with Crippen LogP contribution in [0.4, 0.5) is 0 Å². The average Bonchev–Trinajstić information content (AvgIpc) is 2.27. The summed E-state index contributed by atoms with van der Waals surface area (Å²) < 4.78 is 0. The van der Waals surface area contributed by atoms with Crippen molar-refractivity contribution in [3.8, 4) is 0 Å². The fourth-order valence-electron chi connectivity index (χ4n) is 1.51. The summed E-state index contributed by atoms with van der Waals surface area (Å²) >= 11 is 1.78. The number of nitrogens with two attached hydrogens (primary N) is 1. The number of aromatic nitrogens is 1. The van der Waals surface area contributed by atoms with Crippen LogP contribution < -0.4 is 5.73 Å². The second kappa shape index (κ2) is 6.89. The number of thioether (sulfide) groups is 1. The normalized spacial score (nSPS) is 16.8. The molecule has 1 aromatic heterocycles. The molecule has 3 N–H and O–H groups in total.